The first-order valence-electron chi connectivity index (χ1n) is 7.09. The molecule has 1 aliphatic rings. The summed E-state index contributed by atoms with van der Waals surface area (Å²) in [5.74, 6) is 0.959. The molecule has 0 bridgehead atoms. The number of hydrogen-bond donors (Lipinski definition) is 1. The van der Waals surface area contributed by atoms with Crippen LogP contribution in [0, 0.1) is 12.8 Å². The van der Waals surface area contributed by atoms with Crippen LogP contribution in [0.25, 0.3) is 11.4 Å². The van der Waals surface area contributed by atoms with E-state index in [1.165, 1.54) is 5.56 Å². The molecule has 0 aliphatic carbocycles. The smallest absolute Gasteiger partial charge is 0.312 e. The summed E-state index contributed by atoms with van der Waals surface area (Å²) in [6, 6.07) is 8.06. The zero-order valence-corrected chi connectivity index (χ0v) is 12.2. The van der Waals surface area contributed by atoms with Crippen LogP contribution in [-0.4, -0.2) is 33.9 Å². The highest BCUT2D eigenvalue weighted by molar-refractivity contribution is 5.73. The van der Waals surface area contributed by atoms with Gasteiger partial charge in [-0.3, -0.25) is 4.79 Å². The van der Waals surface area contributed by atoms with E-state index < -0.39 is 0 Å². The van der Waals surface area contributed by atoms with Crippen molar-refractivity contribution < 1.29 is 9.53 Å². The minimum Gasteiger partial charge on any atom is -0.466 e. The van der Waals surface area contributed by atoms with Crippen LogP contribution in [-0.2, 0) is 16.1 Å². The molecule has 1 unspecified atom stereocenters. The lowest BCUT2D eigenvalue weighted by molar-refractivity contribution is -0.148. The molecule has 1 aromatic heterocycles. The van der Waals surface area contributed by atoms with E-state index >= 15 is 0 Å². The summed E-state index contributed by atoms with van der Waals surface area (Å²) in [6.45, 7) is 5.28. The van der Waals surface area contributed by atoms with Gasteiger partial charge in [-0.1, -0.05) is 29.8 Å². The quantitative estimate of drug-likeness (QED) is 0.872. The van der Waals surface area contributed by atoms with Crippen molar-refractivity contribution >= 4 is 11.9 Å². The summed E-state index contributed by atoms with van der Waals surface area (Å²) in [7, 11) is 0. The molecule has 0 saturated carbocycles. The number of aromatic nitrogens is 3. The van der Waals surface area contributed by atoms with Gasteiger partial charge in [0.2, 0.25) is 5.95 Å². The maximum Gasteiger partial charge on any atom is 0.312 e. The molecule has 0 radical (unpaired) electrons. The molecule has 0 amide bonds. The van der Waals surface area contributed by atoms with Gasteiger partial charge < -0.3 is 10.1 Å². The lowest BCUT2D eigenvalue weighted by atomic mass is 10.1. The van der Waals surface area contributed by atoms with E-state index in [1.54, 1.807) is 4.68 Å². The van der Waals surface area contributed by atoms with Crippen LogP contribution >= 0.6 is 0 Å². The second-order valence-electron chi connectivity index (χ2n) is 5.14. The van der Waals surface area contributed by atoms with Crippen LogP contribution in [0.1, 0.15) is 12.5 Å². The van der Waals surface area contributed by atoms with E-state index in [4.69, 9.17) is 4.74 Å². The number of carbonyl (C=O) groups is 1. The number of carbonyl (C=O) groups excluding carboxylic acids is 1. The zero-order valence-electron chi connectivity index (χ0n) is 12.2. The summed E-state index contributed by atoms with van der Waals surface area (Å²) in [5.41, 5.74) is 2.17. The Balaban J connectivity index is 1.81. The van der Waals surface area contributed by atoms with Crippen LogP contribution < -0.4 is 5.32 Å². The van der Waals surface area contributed by atoms with Crippen molar-refractivity contribution in [3.05, 3.63) is 29.8 Å². The first-order chi connectivity index (χ1) is 10.2. The highest BCUT2D eigenvalue weighted by atomic mass is 16.5. The Morgan fingerprint density at radius 3 is 2.90 bits per heavy atom. The number of fused-ring (bicyclic) bond motifs is 1. The van der Waals surface area contributed by atoms with Crippen LogP contribution in [0.15, 0.2) is 24.3 Å². The Morgan fingerprint density at radius 2 is 2.19 bits per heavy atom. The van der Waals surface area contributed by atoms with E-state index in [-0.39, 0.29) is 11.9 Å². The second-order valence-corrected chi connectivity index (χ2v) is 5.14. The van der Waals surface area contributed by atoms with Gasteiger partial charge in [-0.2, -0.15) is 4.98 Å². The Kier molecular flexibility index (Phi) is 3.60. The number of anilines is 1. The lowest BCUT2D eigenvalue weighted by Gasteiger charge is -2.21. The number of benzene rings is 1. The number of nitrogens with one attached hydrogen (secondary N) is 1. The third-order valence-electron chi connectivity index (χ3n) is 3.50. The van der Waals surface area contributed by atoms with Gasteiger partial charge in [-0.25, -0.2) is 4.68 Å². The zero-order chi connectivity index (χ0) is 14.8. The van der Waals surface area contributed by atoms with Crippen LogP contribution in [0.3, 0.4) is 0 Å². The Labute approximate surface area is 123 Å². The number of aryl methyl sites for hydroxylation is 1. The Bertz CT molecular complexity index is 648. The molecule has 1 N–H and O–H groups in total. The van der Waals surface area contributed by atoms with Gasteiger partial charge in [0.05, 0.1) is 19.1 Å². The first-order valence-corrected chi connectivity index (χ1v) is 7.09. The van der Waals surface area contributed by atoms with Gasteiger partial charge in [-0.15, -0.1) is 5.10 Å². The molecular formula is C15H18N4O2. The molecule has 1 aromatic carbocycles. The molecule has 1 atom stereocenters. The van der Waals surface area contributed by atoms with Gasteiger partial charge in [-0.05, 0) is 13.8 Å². The molecule has 3 rings (SSSR count). The Hall–Kier alpha value is -2.37. The number of rotatable bonds is 3. The summed E-state index contributed by atoms with van der Waals surface area (Å²) < 4.78 is 6.80. The highest BCUT2D eigenvalue weighted by Crippen LogP contribution is 2.22. The Morgan fingerprint density at radius 1 is 1.43 bits per heavy atom. The highest BCUT2D eigenvalue weighted by Gasteiger charge is 2.27. The predicted molar refractivity (Wildman–Crippen MR) is 78.8 cm³/mol. The average Bonchev–Trinajstić information content (AvgIpc) is 2.91. The van der Waals surface area contributed by atoms with Gasteiger partial charge in [0.1, 0.15) is 0 Å². The van der Waals surface area contributed by atoms with Crippen molar-refractivity contribution in [3.63, 3.8) is 0 Å². The molecule has 110 valence electrons. The van der Waals surface area contributed by atoms with Crippen molar-refractivity contribution in [1.29, 1.82) is 0 Å². The summed E-state index contributed by atoms with van der Waals surface area (Å²) in [5, 5.41) is 7.62. The molecule has 1 aliphatic heterocycles. The van der Waals surface area contributed by atoms with E-state index in [0.29, 0.717) is 31.5 Å². The average molecular weight is 286 g/mol. The number of nitrogens with zero attached hydrogens (tertiary/aromatic N) is 3. The monoisotopic (exact) mass is 286 g/mol. The number of esters is 1. The molecule has 6 heteroatoms. The van der Waals surface area contributed by atoms with E-state index in [2.05, 4.69) is 15.4 Å². The van der Waals surface area contributed by atoms with Crippen molar-refractivity contribution in [2.45, 2.75) is 20.4 Å². The van der Waals surface area contributed by atoms with Crippen molar-refractivity contribution in [2.24, 2.45) is 5.92 Å². The van der Waals surface area contributed by atoms with Crippen LogP contribution in [0.5, 0.6) is 0 Å². The van der Waals surface area contributed by atoms with Gasteiger partial charge in [0.25, 0.3) is 0 Å². The SMILES string of the molecule is CCOC(=O)C1CNc2nc(-c3ccc(C)cc3)nn2C1. The van der Waals surface area contributed by atoms with Gasteiger partial charge in [0.15, 0.2) is 5.82 Å². The van der Waals surface area contributed by atoms with E-state index in [0.717, 1.165) is 5.56 Å². The molecule has 6 nitrogen and oxygen atoms in total. The minimum atomic E-state index is -0.218. The summed E-state index contributed by atoms with van der Waals surface area (Å²) >= 11 is 0. The predicted octanol–water partition coefficient (Wildman–Crippen LogP) is 1.86. The van der Waals surface area contributed by atoms with E-state index in [1.807, 2.05) is 38.1 Å². The third kappa shape index (κ3) is 2.74. The lowest BCUT2D eigenvalue weighted by Crippen LogP contribution is -2.34. The topological polar surface area (TPSA) is 69.0 Å². The van der Waals surface area contributed by atoms with Crippen LogP contribution in [0.4, 0.5) is 5.95 Å². The minimum absolute atomic E-state index is 0.192. The summed E-state index contributed by atoms with van der Waals surface area (Å²) in [6.07, 6.45) is 0. The standard InChI is InChI=1S/C15H18N4O2/c1-3-21-14(20)12-8-16-15-17-13(18-19(15)9-12)11-6-4-10(2)5-7-11/h4-7,12H,3,8-9H2,1-2H3,(H,16,17,18). The van der Waals surface area contributed by atoms with Crippen molar-refractivity contribution in [1.82, 2.24) is 14.8 Å². The fourth-order valence-electron chi connectivity index (χ4n) is 2.33. The maximum absolute atomic E-state index is 11.8. The van der Waals surface area contributed by atoms with Crippen molar-refractivity contribution in [3.8, 4) is 11.4 Å². The first kappa shape index (κ1) is 13.6. The molecule has 21 heavy (non-hydrogen) atoms. The molecular weight excluding hydrogens is 268 g/mol. The molecule has 2 aromatic rings. The van der Waals surface area contributed by atoms with E-state index in [9.17, 15) is 4.79 Å². The summed E-state index contributed by atoms with van der Waals surface area (Å²) in [4.78, 5) is 16.3. The molecule has 0 spiro atoms. The molecule has 2 heterocycles. The number of ether oxygens (including phenoxy) is 1. The molecule has 0 fully saturated rings. The van der Waals surface area contributed by atoms with Gasteiger partial charge >= 0.3 is 5.97 Å². The van der Waals surface area contributed by atoms with Crippen LogP contribution in [0.2, 0.25) is 0 Å². The number of hydrogen-bond acceptors (Lipinski definition) is 5. The normalized spacial score (nSPS) is 17.0. The van der Waals surface area contributed by atoms with Crippen molar-refractivity contribution in [2.75, 3.05) is 18.5 Å². The third-order valence-corrected chi connectivity index (χ3v) is 3.50. The fourth-order valence-corrected chi connectivity index (χ4v) is 2.33. The fraction of sp³-hybridized carbons (Fsp3) is 0.400. The maximum atomic E-state index is 11.8. The largest absolute Gasteiger partial charge is 0.466 e. The molecule has 0 saturated heterocycles. The van der Waals surface area contributed by atoms with Gasteiger partial charge in [0, 0.05) is 12.1 Å². The second kappa shape index (κ2) is 5.55.